The molecule has 2 aromatic rings. The molecule has 0 spiro atoms. The minimum Gasteiger partial charge on any atom is -0.481 e. The van der Waals surface area contributed by atoms with Gasteiger partial charge in [-0.2, -0.15) is 0 Å². The number of hydrogen-bond donors (Lipinski definition) is 2. The van der Waals surface area contributed by atoms with E-state index in [0.29, 0.717) is 31.5 Å². The summed E-state index contributed by atoms with van der Waals surface area (Å²) in [5.74, 6) is 1.58. The van der Waals surface area contributed by atoms with Crippen molar-refractivity contribution < 1.29 is 19.1 Å². The Labute approximate surface area is 200 Å². The van der Waals surface area contributed by atoms with Crippen LogP contribution < -0.4 is 15.4 Å². The van der Waals surface area contributed by atoms with Crippen LogP contribution >= 0.6 is 0 Å². The van der Waals surface area contributed by atoms with Gasteiger partial charge in [-0.3, -0.25) is 4.79 Å². The molecule has 0 bridgehead atoms. The maximum absolute atomic E-state index is 12.8. The molecule has 182 valence electrons. The van der Waals surface area contributed by atoms with E-state index >= 15 is 0 Å². The topological polar surface area (TPSA) is 106 Å². The molecule has 2 aliphatic rings. The van der Waals surface area contributed by atoms with E-state index in [0.717, 1.165) is 49.3 Å². The molecule has 2 N–H and O–H groups in total. The summed E-state index contributed by atoms with van der Waals surface area (Å²) >= 11 is 0. The van der Waals surface area contributed by atoms with Crippen LogP contribution in [0.25, 0.3) is 0 Å². The number of nitrogens with zero attached hydrogens (tertiary/aromatic N) is 3. The standard InChI is InChI=1S/C25H33N5O4/c1-3-34-23(31)13-21(19-8-11-22(33-2)27-14-19)29-25(32)30-15-17(16-30)6-9-20-10-7-18-5-4-12-26-24(18)28-20/h7-8,10-11,14,17,21H,3-6,9,12-13,15-16H2,1-2H3,(H,26,28)(H,29,32)/t21-/m0/s1. The van der Waals surface area contributed by atoms with E-state index < -0.39 is 6.04 Å². The molecule has 2 aromatic heterocycles. The van der Waals surface area contributed by atoms with Gasteiger partial charge in [-0.05, 0) is 55.7 Å². The van der Waals surface area contributed by atoms with Crippen molar-refractivity contribution in [2.24, 2.45) is 5.92 Å². The van der Waals surface area contributed by atoms with Gasteiger partial charge in [-0.15, -0.1) is 0 Å². The Kier molecular flexibility index (Phi) is 7.82. The largest absolute Gasteiger partial charge is 0.481 e. The maximum Gasteiger partial charge on any atom is 0.317 e. The molecule has 9 heteroatoms. The van der Waals surface area contributed by atoms with Gasteiger partial charge in [0.1, 0.15) is 5.82 Å². The van der Waals surface area contributed by atoms with Crippen LogP contribution in [0.1, 0.15) is 49.0 Å². The first-order chi connectivity index (χ1) is 16.6. The van der Waals surface area contributed by atoms with E-state index in [4.69, 9.17) is 14.5 Å². The van der Waals surface area contributed by atoms with Gasteiger partial charge in [0, 0.05) is 37.6 Å². The average molecular weight is 468 g/mol. The minimum absolute atomic E-state index is 0.0445. The summed E-state index contributed by atoms with van der Waals surface area (Å²) in [4.78, 5) is 35.7. The second-order valence-electron chi connectivity index (χ2n) is 8.80. The molecule has 2 aliphatic heterocycles. The molecule has 1 saturated heterocycles. The van der Waals surface area contributed by atoms with Gasteiger partial charge < -0.3 is 25.0 Å². The van der Waals surface area contributed by atoms with Crippen molar-refractivity contribution in [1.29, 1.82) is 0 Å². The van der Waals surface area contributed by atoms with Crippen LogP contribution in [0.15, 0.2) is 30.5 Å². The predicted octanol–water partition coefficient (Wildman–Crippen LogP) is 3.11. The van der Waals surface area contributed by atoms with Crippen LogP contribution in [-0.4, -0.2) is 60.2 Å². The number of nitrogens with one attached hydrogen (secondary N) is 2. The van der Waals surface area contributed by atoms with Gasteiger partial charge in [-0.25, -0.2) is 14.8 Å². The molecule has 0 aromatic carbocycles. The number of esters is 1. The first-order valence-electron chi connectivity index (χ1n) is 12.0. The van der Waals surface area contributed by atoms with Crippen LogP contribution in [0.3, 0.4) is 0 Å². The highest BCUT2D eigenvalue weighted by molar-refractivity contribution is 5.77. The number of methoxy groups -OCH3 is 1. The van der Waals surface area contributed by atoms with E-state index in [1.165, 1.54) is 5.56 Å². The van der Waals surface area contributed by atoms with E-state index in [1.54, 1.807) is 37.3 Å². The molecule has 2 amide bonds. The fourth-order valence-corrected chi connectivity index (χ4v) is 4.38. The first kappa shape index (κ1) is 23.8. The molecular formula is C25H33N5O4. The predicted molar refractivity (Wildman–Crippen MR) is 128 cm³/mol. The number of likely N-dealkylation sites (tertiary alicyclic amines) is 1. The number of fused-ring (bicyclic) bond motifs is 1. The molecular weight excluding hydrogens is 434 g/mol. The van der Waals surface area contributed by atoms with E-state index in [2.05, 4.69) is 27.8 Å². The monoisotopic (exact) mass is 467 g/mol. The van der Waals surface area contributed by atoms with Crippen LogP contribution in [0.4, 0.5) is 10.6 Å². The molecule has 4 heterocycles. The zero-order chi connectivity index (χ0) is 23.9. The Morgan fingerprint density at radius 1 is 1.26 bits per heavy atom. The highest BCUT2D eigenvalue weighted by Gasteiger charge is 2.32. The number of carbonyl (C=O) groups is 2. The van der Waals surface area contributed by atoms with Gasteiger partial charge in [0.05, 0.1) is 26.2 Å². The normalized spacial score (nSPS) is 16.0. The van der Waals surface area contributed by atoms with Crippen molar-refractivity contribution >= 4 is 17.8 Å². The minimum atomic E-state index is -0.517. The lowest BCUT2D eigenvalue weighted by atomic mass is 9.93. The number of pyridine rings is 2. The zero-order valence-corrected chi connectivity index (χ0v) is 19.9. The molecule has 0 unspecified atom stereocenters. The Morgan fingerprint density at radius 3 is 2.85 bits per heavy atom. The average Bonchev–Trinajstić information content (AvgIpc) is 2.82. The molecule has 1 fully saturated rings. The number of urea groups is 1. The number of aryl methyl sites for hydroxylation is 2. The van der Waals surface area contributed by atoms with E-state index in [1.807, 2.05) is 0 Å². The van der Waals surface area contributed by atoms with Crippen molar-refractivity contribution in [3.63, 3.8) is 0 Å². The van der Waals surface area contributed by atoms with Gasteiger partial charge >= 0.3 is 12.0 Å². The number of rotatable bonds is 9. The number of ether oxygens (including phenoxy) is 2. The second kappa shape index (κ2) is 11.2. The highest BCUT2D eigenvalue weighted by atomic mass is 16.5. The van der Waals surface area contributed by atoms with Crippen molar-refractivity contribution in [2.75, 3.05) is 38.7 Å². The van der Waals surface area contributed by atoms with E-state index in [-0.39, 0.29) is 18.4 Å². The Bertz CT molecular complexity index is 991. The van der Waals surface area contributed by atoms with Gasteiger partial charge in [-0.1, -0.05) is 12.1 Å². The summed E-state index contributed by atoms with van der Waals surface area (Å²) in [7, 11) is 1.54. The van der Waals surface area contributed by atoms with Crippen LogP contribution in [-0.2, 0) is 22.4 Å². The van der Waals surface area contributed by atoms with Gasteiger partial charge in [0.2, 0.25) is 5.88 Å². The SMILES string of the molecule is CCOC(=O)C[C@H](NC(=O)N1CC(CCc2ccc3c(n2)NCCC3)C1)c1ccc(OC)nc1. The van der Waals surface area contributed by atoms with Crippen molar-refractivity contribution in [3.8, 4) is 5.88 Å². The van der Waals surface area contributed by atoms with Crippen LogP contribution in [0.2, 0.25) is 0 Å². The molecule has 0 radical (unpaired) electrons. The summed E-state index contributed by atoms with van der Waals surface area (Å²) < 4.78 is 10.2. The molecule has 1 atom stereocenters. The summed E-state index contributed by atoms with van der Waals surface area (Å²) in [5, 5.41) is 6.36. The molecule has 0 aliphatic carbocycles. The third-order valence-electron chi connectivity index (χ3n) is 6.35. The van der Waals surface area contributed by atoms with Crippen molar-refractivity contribution in [3.05, 3.63) is 47.3 Å². The quantitative estimate of drug-likeness (QED) is 0.546. The van der Waals surface area contributed by atoms with E-state index in [9.17, 15) is 9.59 Å². The van der Waals surface area contributed by atoms with Crippen molar-refractivity contribution in [1.82, 2.24) is 20.2 Å². The number of anilines is 1. The van der Waals surface area contributed by atoms with Crippen molar-refractivity contribution in [2.45, 2.75) is 45.1 Å². The lowest BCUT2D eigenvalue weighted by Gasteiger charge is -2.40. The smallest absolute Gasteiger partial charge is 0.317 e. The highest BCUT2D eigenvalue weighted by Crippen LogP contribution is 2.25. The second-order valence-corrected chi connectivity index (χ2v) is 8.80. The fraction of sp³-hybridized carbons (Fsp3) is 0.520. The Hall–Kier alpha value is -3.36. The molecule has 34 heavy (non-hydrogen) atoms. The fourth-order valence-electron chi connectivity index (χ4n) is 4.38. The van der Waals surface area contributed by atoms with Crippen LogP contribution in [0.5, 0.6) is 5.88 Å². The van der Waals surface area contributed by atoms with Gasteiger partial charge in [0.25, 0.3) is 0 Å². The molecule has 4 rings (SSSR count). The first-order valence-corrected chi connectivity index (χ1v) is 12.0. The van der Waals surface area contributed by atoms with Gasteiger partial charge in [0.15, 0.2) is 0 Å². The maximum atomic E-state index is 12.8. The Balaban J connectivity index is 1.28. The number of amides is 2. The Morgan fingerprint density at radius 2 is 2.12 bits per heavy atom. The molecule has 0 saturated carbocycles. The zero-order valence-electron chi connectivity index (χ0n) is 19.9. The third-order valence-corrected chi connectivity index (χ3v) is 6.35. The number of aromatic nitrogens is 2. The summed E-state index contributed by atoms with van der Waals surface area (Å²) in [6, 6.07) is 7.12. The lowest BCUT2D eigenvalue weighted by molar-refractivity contribution is -0.143. The summed E-state index contributed by atoms with van der Waals surface area (Å²) in [6.07, 6.45) is 5.79. The number of hydrogen-bond acceptors (Lipinski definition) is 7. The summed E-state index contributed by atoms with van der Waals surface area (Å²) in [5.41, 5.74) is 3.12. The van der Waals surface area contributed by atoms with Crippen LogP contribution in [0, 0.1) is 5.92 Å². The third kappa shape index (κ3) is 5.95. The summed E-state index contributed by atoms with van der Waals surface area (Å²) in [6.45, 7) is 4.43. The lowest BCUT2D eigenvalue weighted by Crippen LogP contribution is -2.54. The number of carbonyl (C=O) groups excluding carboxylic acids is 2. The molecule has 9 nitrogen and oxygen atoms in total.